The molecule has 0 aliphatic rings. The Labute approximate surface area is 108 Å². The first-order valence-electron chi connectivity index (χ1n) is 6.20. The Kier molecular flexibility index (Phi) is 5.82. The van der Waals surface area contributed by atoms with Crippen molar-refractivity contribution in [1.82, 2.24) is 5.32 Å². The molecule has 4 nitrogen and oxygen atoms in total. The van der Waals surface area contributed by atoms with E-state index in [1.54, 1.807) is 0 Å². The smallest absolute Gasteiger partial charge is 0.303 e. The van der Waals surface area contributed by atoms with Crippen molar-refractivity contribution in [3.63, 3.8) is 0 Å². The Hall–Kier alpha value is -1.39. The molecule has 0 radical (unpaired) electrons. The van der Waals surface area contributed by atoms with E-state index < -0.39 is 12.1 Å². The van der Waals surface area contributed by atoms with Gasteiger partial charge in [0.25, 0.3) is 0 Å². The summed E-state index contributed by atoms with van der Waals surface area (Å²) in [7, 11) is 0. The Morgan fingerprint density at radius 3 is 2.50 bits per heavy atom. The molecule has 1 rings (SSSR count). The van der Waals surface area contributed by atoms with Crippen LogP contribution in [0, 0.1) is 6.92 Å². The van der Waals surface area contributed by atoms with Gasteiger partial charge in [0, 0.05) is 12.5 Å². The second-order valence-electron chi connectivity index (χ2n) is 4.60. The largest absolute Gasteiger partial charge is 0.481 e. The number of aliphatic hydroxyl groups excluding tert-OH is 1. The van der Waals surface area contributed by atoms with Gasteiger partial charge in [0.2, 0.25) is 0 Å². The number of benzene rings is 1. The number of aliphatic carboxylic acids is 1. The molecule has 100 valence electrons. The topological polar surface area (TPSA) is 69.6 Å². The molecular weight excluding hydrogens is 230 g/mol. The van der Waals surface area contributed by atoms with Gasteiger partial charge in [0.05, 0.1) is 6.10 Å². The van der Waals surface area contributed by atoms with Gasteiger partial charge in [-0.1, -0.05) is 29.8 Å². The van der Waals surface area contributed by atoms with Gasteiger partial charge in [0.15, 0.2) is 0 Å². The first-order chi connectivity index (χ1) is 8.50. The number of carbonyl (C=O) groups is 1. The fourth-order valence-corrected chi connectivity index (χ4v) is 1.73. The third kappa shape index (κ3) is 4.85. The highest BCUT2D eigenvalue weighted by molar-refractivity contribution is 5.66. The molecule has 0 heterocycles. The number of hydrogen-bond donors (Lipinski definition) is 3. The van der Waals surface area contributed by atoms with Gasteiger partial charge in [-0.2, -0.15) is 0 Å². The summed E-state index contributed by atoms with van der Waals surface area (Å²) in [5, 5.41) is 21.8. The van der Waals surface area contributed by atoms with Crippen molar-refractivity contribution in [3.05, 3.63) is 35.4 Å². The lowest BCUT2D eigenvalue weighted by atomic mass is 10.0. The minimum absolute atomic E-state index is 0.0958. The number of hydrogen-bond acceptors (Lipinski definition) is 3. The fraction of sp³-hybridized carbons (Fsp3) is 0.500. The molecule has 0 spiro atoms. The van der Waals surface area contributed by atoms with Crippen LogP contribution in [-0.2, 0) is 4.79 Å². The first kappa shape index (κ1) is 14.7. The average Bonchev–Trinajstić information content (AvgIpc) is 2.34. The van der Waals surface area contributed by atoms with Crippen LogP contribution in [0.15, 0.2) is 24.3 Å². The third-order valence-corrected chi connectivity index (χ3v) is 2.93. The summed E-state index contributed by atoms with van der Waals surface area (Å²) in [6, 6.07) is 7.66. The maximum atomic E-state index is 10.4. The summed E-state index contributed by atoms with van der Waals surface area (Å²) >= 11 is 0. The predicted octanol–water partition coefficient (Wildman–Crippen LogP) is 1.87. The zero-order chi connectivity index (χ0) is 13.5. The van der Waals surface area contributed by atoms with Crippen LogP contribution in [0.25, 0.3) is 0 Å². The molecule has 0 bridgehead atoms. The summed E-state index contributed by atoms with van der Waals surface area (Å²) in [6.07, 6.45) is 0.149. The minimum Gasteiger partial charge on any atom is -0.481 e. The Bertz CT molecular complexity index is 375. The number of carboxylic acids is 1. The maximum absolute atomic E-state index is 10.4. The number of nitrogens with one attached hydrogen (secondary N) is 1. The molecule has 0 fully saturated rings. The molecule has 4 heteroatoms. The van der Waals surface area contributed by atoms with Crippen molar-refractivity contribution in [1.29, 1.82) is 0 Å². The van der Waals surface area contributed by atoms with Crippen molar-refractivity contribution >= 4 is 5.97 Å². The molecule has 1 aromatic rings. The summed E-state index contributed by atoms with van der Waals surface area (Å²) in [5.74, 6) is -0.788. The van der Waals surface area contributed by atoms with E-state index in [0.717, 1.165) is 11.1 Å². The molecule has 2 atom stereocenters. The van der Waals surface area contributed by atoms with E-state index in [1.165, 1.54) is 0 Å². The fourth-order valence-electron chi connectivity index (χ4n) is 1.73. The minimum atomic E-state index is -0.788. The van der Waals surface area contributed by atoms with E-state index in [0.29, 0.717) is 13.0 Å². The molecule has 0 aliphatic heterocycles. The molecule has 18 heavy (non-hydrogen) atoms. The number of aliphatic hydroxyl groups is 1. The van der Waals surface area contributed by atoms with E-state index in [1.807, 2.05) is 38.1 Å². The molecule has 1 aromatic carbocycles. The lowest BCUT2D eigenvalue weighted by Crippen LogP contribution is -2.33. The van der Waals surface area contributed by atoms with Crippen molar-refractivity contribution in [2.45, 2.75) is 38.8 Å². The Morgan fingerprint density at radius 2 is 1.94 bits per heavy atom. The van der Waals surface area contributed by atoms with Gasteiger partial charge in [-0.05, 0) is 32.4 Å². The van der Waals surface area contributed by atoms with Crippen LogP contribution in [-0.4, -0.2) is 28.8 Å². The summed E-state index contributed by atoms with van der Waals surface area (Å²) < 4.78 is 0. The monoisotopic (exact) mass is 251 g/mol. The number of aryl methyl sites for hydroxylation is 1. The SMILES string of the molecule is Cc1ccc(C(O)C(C)NCCCC(=O)O)cc1. The third-order valence-electron chi connectivity index (χ3n) is 2.93. The van der Waals surface area contributed by atoms with Crippen LogP contribution in [0.1, 0.15) is 37.0 Å². The molecule has 0 aliphatic carbocycles. The molecule has 0 saturated carbocycles. The quantitative estimate of drug-likeness (QED) is 0.647. The second kappa shape index (κ2) is 7.13. The van der Waals surface area contributed by atoms with Crippen LogP contribution >= 0.6 is 0 Å². The second-order valence-corrected chi connectivity index (χ2v) is 4.60. The van der Waals surface area contributed by atoms with Crippen molar-refractivity contribution in [2.24, 2.45) is 0 Å². The van der Waals surface area contributed by atoms with Crippen molar-refractivity contribution in [3.8, 4) is 0 Å². The zero-order valence-electron chi connectivity index (χ0n) is 10.9. The van der Waals surface area contributed by atoms with Crippen molar-refractivity contribution in [2.75, 3.05) is 6.54 Å². The predicted molar refractivity (Wildman–Crippen MR) is 70.5 cm³/mol. The highest BCUT2D eigenvalue weighted by atomic mass is 16.4. The molecule has 0 aromatic heterocycles. The average molecular weight is 251 g/mol. The van der Waals surface area contributed by atoms with Crippen LogP contribution in [0.3, 0.4) is 0 Å². The summed E-state index contributed by atoms with van der Waals surface area (Å²) in [4.78, 5) is 10.4. The summed E-state index contributed by atoms with van der Waals surface area (Å²) in [5.41, 5.74) is 2.03. The zero-order valence-corrected chi connectivity index (χ0v) is 10.9. The lowest BCUT2D eigenvalue weighted by molar-refractivity contribution is -0.137. The van der Waals surface area contributed by atoms with Gasteiger partial charge in [0.1, 0.15) is 0 Å². The lowest BCUT2D eigenvalue weighted by Gasteiger charge is -2.20. The maximum Gasteiger partial charge on any atom is 0.303 e. The number of carboxylic acid groups (broad SMARTS) is 1. The van der Waals surface area contributed by atoms with E-state index in [-0.39, 0.29) is 12.5 Å². The highest BCUT2D eigenvalue weighted by Crippen LogP contribution is 2.17. The van der Waals surface area contributed by atoms with Gasteiger partial charge >= 0.3 is 5.97 Å². The highest BCUT2D eigenvalue weighted by Gasteiger charge is 2.15. The first-order valence-corrected chi connectivity index (χ1v) is 6.20. The van der Waals surface area contributed by atoms with Gasteiger partial charge in [-0.15, -0.1) is 0 Å². The molecule has 0 amide bonds. The van der Waals surface area contributed by atoms with Crippen LogP contribution in [0.4, 0.5) is 0 Å². The van der Waals surface area contributed by atoms with E-state index in [2.05, 4.69) is 5.32 Å². The van der Waals surface area contributed by atoms with E-state index in [9.17, 15) is 9.90 Å². The van der Waals surface area contributed by atoms with Gasteiger partial charge in [-0.3, -0.25) is 4.79 Å². The Morgan fingerprint density at radius 1 is 1.33 bits per heavy atom. The molecule has 3 N–H and O–H groups in total. The van der Waals surface area contributed by atoms with Gasteiger partial charge in [-0.25, -0.2) is 0 Å². The molecule has 0 saturated heterocycles. The van der Waals surface area contributed by atoms with Crippen LogP contribution in [0.5, 0.6) is 0 Å². The Balaban J connectivity index is 2.38. The summed E-state index contributed by atoms with van der Waals surface area (Å²) in [6.45, 7) is 4.49. The van der Waals surface area contributed by atoms with Crippen molar-refractivity contribution < 1.29 is 15.0 Å². The molecule has 2 unspecified atom stereocenters. The van der Waals surface area contributed by atoms with E-state index >= 15 is 0 Å². The number of rotatable bonds is 7. The van der Waals surface area contributed by atoms with Gasteiger partial charge < -0.3 is 15.5 Å². The van der Waals surface area contributed by atoms with E-state index in [4.69, 9.17) is 5.11 Å². The normalized spacial score (nSPS) is 14.2. The molecular formula is C14H21NO3. The van der Waals surface area contributed by atoms with Crippen LogP contribution in [0.2, 0.25) is 0 Å². The standard InChI is InChI=1S/C14H21NO3/c1-10-5-7-12(8-6-10)14(18)11(2)15-9-3-4-13(16)17/h5-8,11,14-15,18H,3-4,9H2,1-2H3,(H,16,17). The van der Waals surface area contributed by atoms with Crippen LogP contribution < -0.4 is 5.32 Å².